The molecule has 0 saturated carbocycles. The number of hydrogen-bond donors (Lipinski definition) is 2. The van der Waals surface area contributed by atoms with Crippen molar-refractivity contribution in [2.24, 2.45) is 5.10 Å². The average Bonchev–Trinajstić information content (AvgIpc) is 3.01. The highest BCUT2D eigenvalue weighted by Gasteiger charge is 2.15. The molecule has 0 spiro atoms. The van der Waals surface area contributed by atoms with Crippen LogP contribution in [0.25, 0.3) is 5.69 Å². The van der Waals surface area contributed by atoms with Crippen LogP contribution in [0.4, 0.5) is 5.69 Å². The van der Waals surface area contributed by atoms with Crippen LogP contribution in [0.2, 0.25) is 0 Å². The van der Waals surface area contributed by atoms with Crippen molar-refractivity contribution >= 4 is 39.6 Å². The summed E-state index contributed by atoms with van der Waals surface area (Å²) in [5, 5.41) is 6.44. The van der Waals surface area contributed by atoms with Gasteiger partial charge in [0.05, 0.1) is 19.0 Å². The zero-order valence-electron chi connectivity index (χ0n) is 16.8. The first-order valence-electron chi connectivity index (χ1n) is 9.13. The summed E-state index contributed by atoms with van der Waals surface area (Å²) in [5.41, 5.74) is 6.48. The largest absolute Gasteiger partial charge is 0.495 e. The predicted molar refractivity (Wildman–Crippen MR) is 120 cm³/mol. The van der Waals surface area contributed by atoms with Gasteiger partial charge in [0.25, 0.3) is 0 Å². The summed E-state index contributed by atoms with van der Waals surface area (Å²) < 4.78 is 8.22. The van der Waals surface area contributed by atoms with Crippen LogP contribution in [0, 0.1) is 13.8 Å². The van der Waals surface area contributed by atoms with E-state index in [2.05, 4.69) is 36.3 Å². The van der Waals surface area contributed by atoms with Gasteiger partial charge in [0.1, 0.15) is 5.75 Å². The minimum absolute atomic E-state index is 0.404. The third-order valence-corrected chi connectivity index (χ3v) is 4.96. The Morgan fingerprint density at radius 2 is 1.83 bits per heavy atom. The van der Waals surface area contributed by atoms with Crippen LogP contribution in [-0.2, 0) is 9.59 Å². The van der Waals surface area contributed by atoms with Gasteiger partial charge in [0.15, 0.2) is 0 Å². The number of aromatic nitrogens is 1. The normalized spacial score (nSPS) is 10.8. The van der Waals surface area contributed by atoms with Gasteiger partial charge >= 0.3 is 11.8 Å². The minimum atomic E-state index is -0.877. The molecule has 2 N–H and O–H groups in total. The summed E-state index contributed by atoms with van der Waals surface area (Å²) in [7, 11) is 1.49. The summed E-state index contributed by atoms with van der Waals surface area (Å²) >= 11 is 3.49. The first-order chi connectivity index (χ1) is 14.4. The lowest BCUT2D eigenvalue weighted by atomic mass is 10.2. The molecular formula is C22H21BrN4O3. The van der Waals surface area contributed by atoms with Gasteiger partial charge in [-0.1, -0.05) is 34.1 Å². The standard InChI is InChI=1S/C22H21BrN4O3/c1-14-11-16(15(2)27(14)18-8-6-7-17(23)12-18)13-24-26-22(29)21(28)25-19-9-4-5-10-20(19)30-3/h4-13H,1-3H3,(H,25,28)(H,26,29)/b24-13-. The molecule has 3 aromatic rings. The molecule has 0 aliphatic carbocycles. The third-order valence-electron chi connectivity index (χ3n) is 4.47. The molecule has 2 aromatic carbocycles. The van der Waals surface area contributed by atoms with Gasteiger partial charge in [0.2, 0.25) is 0 Å². The van der Waals surface area contributed by atoms with Gasteiger partial charge in [-0.3, -0.25) is 9.59 Å². The lowest BCUT2D eigenvalue weighted by molar-refractivity contribution is -0.136. The van der Waals surface area contributed by atoms with Crippen molar-refractivity contribution in [3.63, 3.8) is 0 Å². The number of ether oxygens (including phenoxy) is 1. The Morgan fingerprint density at radius 3 is 2.57 bits per heavy atom. The number of para-hydroxylation sites is 2. The average molecular weight is 469 g/mol. The van der Waals surface area contributed by atoms with Crippen molar-refractivity contribution in [2.75, 3.05) is 12.4 Å². The van der Waals surface area contributed by atoms with E-state index >= 15 is 0 Å². The zero-order valence-corrected chi connectivity index (χ0v) is 18.4. The van der Waals surface area contributed by atoms with Gasteiger partial charge in [-0.25, -0.2) is 5.43 Å². The van der Waals surface area contributed by atoms with Crippen LogP contribution < -0.4 is 15.5 Å². The quantitative estimate of drug-likeness (QED) is 0.337. The Bertz CT molecular complexity index is 1120. The molecule has 3 rings (SSSR count). The predicted octanol–water partition coefficient (Wildman–Crippen LogP) is 3.95. The molecule has 0 radical (unpaired) electrons. The molecule has 154 valence electrons. The molecule has 8 heteroatoms. The van der Waals surface area contributed by atoms with Crippen molar-refractivity contribution in [3.05, 3.63) is 76.0 Å². The van der Waals surface area contributed by atoms with Crippen LogP contribution in [0.1, 0.15) is 17.0 Å². The number of aryl methyl sites for hydroxylation is 1. The minimum Gasteiger partial charge on any atom is -0.495 e. The fourth-order valence-electron chi connectivity index (χ4n) is 3.07. The molecule has 1 heterocycles. The molecular weight excluding hydrogens is 448 g/mol. The molecule has 1 aromatic heterocycles. The number of hydrazone groups is 1. The Hall–Kier alpha value is -3.39. The summed E-state index contributed by atoms with van der Waals surface area (Å²) in [5.74, 6) is -1.25. The first kappa shape index (κ1) is 21.3. The van der Waals surface area contributed by atoms with E-state index in [1.54, 1.807) is 24.3 Å². The molecule has 0 bridgehead atoms. The number of rotatable bonds is 5. The van der Waals surface area contributed by atoms with E-state index in [0.29, 0.717) is 11.4 Å². The molecule has 0 aliphatic heterocycles. The molecule has 0 atom stereocenters. The third kappa shape index (κ3) is 4.77. The van der Waals surface area contributed by atoms with Crippen LogP contribution in [0.5, 0.6) is 5.75 Å². The summed E-state index contributed by atoms with van der Waals surface area (Å²) in [6, 6.07) is 16.7. The van der Waals surface area contributed by atoms with Gasteiger partial charge in [-0.15, -0.1) is 0 Å². The lowest BCUT2D eigenvalue weighted by Gasteiger charge is -2.10. The molecule has 2 amide bonds. The number of halogens is 1. The van der Waals surface area contributed by atoms with E-state index in [1.165, 1.54) is 13.3 Å². The Balaban J connectivity index is 1.69. The highest BCUT2D eigenvalue weighted by Crippen LogP contribution is 2.23. The van der Waals surface area contributed by atoms with E-state index < -0.39 is 11.8 Å². The lowest BCUT2D eigenvalue weighted by Crippen LogP contribution is -2.32. The van der Waals surface area contributed by atoms with Crippen molar-refractivity contribution in [2.45, 2.75) is 13.8 Å². The van der Waals surface area contributed by atoms with Crippen LogP contribution in [0.3, 0.4) is 0 Å². The number of carbonyl (C=O) groups excluding carboxylic acids is 2. The van der Waals surface area contributed by atoms with Crippen molar-refractivity contribution in [1.29, 1.82) is 0 Å². The number of carbonyl (C=O) groups is 2. The maximum Gasteiger partial charge on any atom is 0.329 e. The van der Waals surface area contributed by atoms with E-state index in [-0.39, 0.29) is 0 Å². The molecule has 0 aliphatic rings. The van der Waals surface area contributed by atoms with Crippen LogP contribution in [-0.4, -0.2) is 29.7 Å². The highest BCUT2D eigenvalue weighted by atomic mass is 79.9. The number of anilines is 1. The fraction of sp³-hybridized carbons (Fsp3) is 0.136. The summed E-state index contributed by atoms with van der Waals surface area (Å²) in [6.07, 6.45) is 1.52. The monoisotopic (exact) mass is 468 g/mol. The van der Waals surface area contributed by atoms with Gasteiger partial charge < -0.3 is 14.6 Å². The molecule has 30 heavy (non-hydrogen) atoms. The van der Waals surface area contributed by atoms with E-state index in [1.807, 2.05) is 44.2 Å². The number of benzene rings is 2. The zero-order chi connectivity index (χ0) is 21.7. The maximum absolute atomic E-state index is 12.1. The smallest absolute Gasteiger partial charge is 0.329 e. The van der Waals surface area contributed by atoms with Gasteiger partial charge in [-0.05, 0) is 50.2 Å². The van der Waals surface area contributed by atoms with Crippen molar-refractivity contribution < 1.29 is 14.3 Å². The topological polar surface area (TPSA) is 84.7 Å². The second-order valence-corrected chi connectivity index (χ2v) is 7.41. The molecule has 0 saturated heterocycles. The van der Waals surface area contributed by atoms with Gasteiger partial charge in [-0.2, -0.15) is 5.10 Å². The fourth-order valence-corrected chi connectivity index (χ4v) is 3.46. The van der Waals surface area contributed by atoms with Gasteiger partial charge in [0, 0.05) is 27.1 Å². The highest BCUT2D eigenvalue weighted by molar-refractivity contribution is 9.10. The summed E-state index contributed by atoms with van der Waals surface area (Å²) in [6.45, 7) is 3.95. The maximum atomic E-state index is 12.1. The second-order valence-electron chi connectivity index (χ2n) is 6.50. The molecule has 7 nitrogen and oxygen atoms in total. The SMILES string of the molecule is COc1ccccc1NC(=O)C(=O)N/N=C\c1cc(C)n(-c2cccc(Br)c2)c1C. The number of hydrogen-bond acceptors (Lipinski definition) is 4. The number of amides is 2. The second kappa shape index (κ2) is 9.41. The van der Waals surface area contributed by atoms with Crippen molar-refractivity contribution in [1.82, 2.24) is 9.99 Å². The Labute approximate surface area is 182 Å². The summed E-state index contributed by atoms with van der Waals surface area (Å²) in [4.78, 5) is 24.2. The number of methoxy groups -OCH3 is 1. The molecule has 0 fully saturated rings. The van der Waals surface area contributed by atoms with Crippen LogP contribution >= 0.6 is 15.9 Å². The van der Waals surface area contributed by atoms with E-state index in [9.17, 15) is 9.59 Å². The number of nitrogens with one attached hydrogen (secondary N) is 2. The van der Waals surface area contributed by atoms with E-state index in [4.69, 9.17) is 4.74 Å². The first-order valence-corrected chi connectivity index (χ1v) is 9.92. The van der Waals surface area contributed by atoms with E-state index in [0.717, 1.165) is 27.1 Å². The van der Waals surface area contributed by atoms with Crippen molar-refractivity contribution in [3.8, 4) is 11.4 Å². The number of nitrogens with zero attached hydrogens (tertiary/aromatic N) is 2. The Kier molecular flexibility index (Phi) is 6.68. The molecule has 0 unspecified atom stereocenters. The Morgan fingerprint density at radius 1 is 1.07 bits per heavy atom. The van der Waals surface area contributed by atoms with Crippen LogP contribution in [0.15, 0.2) is 64.2 Å².